The zero-order valence-corrected chi connectivity index (χ0v) is 21.7. The van der Waals surface area contributed by atoms with Crippen molar-refractivity contribution in [3.63, 3.8) is 0 Å². The Morgan fingerprint density at radius 2 is 1.65 bits per heavy atom. The van der Waals surface area contributed by atoms with E-state index in [9.17, 15) is 9.59 Å². The molecule has 9 heteroatoms. The molecule has 2 amide bonds. The number of carbonyl (C=O) groups is 2. The molecule has 0 saturated heterocycles. The summed E-state index contributed by atoms with van der Waals surface area (Å²) in [7, 11) is 3.96. The van der Waals surface area contributed by atoms with Crippen molar-refractivity contribution in [1.82, 2.24) is 20.6 Å². The number of para-hydroxylation sites is 1. The van der Waals surface area contributed by atoms with Crippen LogP contribution in [0.25, 0.3) is 10.9 Å². The van der Waals surface area contributed by atoms with Gasteiger partial charge in [-0.15, -0.1) is 0 Å². The Labute approximate surface area is 218 Å². The van der Waals surface area contributed by atoms with E-state index in [0.717, 1.165) is 48.0 Å². The van der Waals surface area contributed by atoms with Crippen LogP contribution in [0.15, 0.2) is 54.6 Å². The number of esters is 1. The van der Waals surface area contributed by atoms with Crippen LogP contribution < -0.4 is 20.9 Å². The molecule has 3 aromatic rings. The van der Waals surface area contributed by atoms with E-state index < -0.39 is 12.0 Å². The maximum atomic E-state index is 12.7. The van der Waals surface area contributed by atoms with Crippen molar-refractivity contribution in [2.24, 2.45) is 0 Å². The number of ether oxygens (including phenoxy) is 1. The molecule has 4 rings (SSSR count). The Balaban J connectivity index is 1.31. The van der Waals surface area contributed by atoms with Crippen molar-refractivity contribution >= 4 is 34.7 Å². The number of fused-ring (bicyclic) bond motifs is 1. The Bertz CT molecular complexity index is 1200. The Morgan fingerprint density at radius 1 is 0.973 bits per heavy atom. The number of carbonyl (C=O) groups excluding carboxylic acids is 2. The molecule has 3 N–H and O–H groups in total. The van der Waals surface area contributed by atoms with Crippen LogP contribution in [0, 0.1) is 0 Å². The lowest BCUT2D eigenvalue weighted by molar-refractivity contribution is -0.145. The SMILES string of the molecule is CCOC(=O)[C@H](Cc1ccccc1)NC(=O)NC1CCC(Nc2nc(N(C)C)c3ccccc3n2)CC1. The van der Waals surface area contributed by atoms with Crippen molar-refractivity contribution < 1.29 is 14.3 Å². The molecule has 1 fully saturated rings. The topological polar surface area (TPSA) is 108 Å². The van der Waals surface area contributed by atoms with Crippen LogP contribution in [0.1, 0.15) is 38.2 Å². The maximum absolute atomic E-state index is 12.7. The standard InChI is InChI=1S/C28H36N6O3/c1-4-37-26(35)24(18-19-10-6-5-7-11-19)32-28(36)30-21-16-14-20(15-17-21)29-27-31-23-13-9-8-12-22(23)25(33-27)34(2)3/h5-13,20-21,24H,4,14-18H2,1-3H3,(H,29,31,33)(H2,30,32,36)/t20?,21?,24-/m0/s1. The minimum Gasteiger partial charge on any atom is -0.464 e. The lowest BCUT2D eigenvalue weighted by Crippen LogP contribution is -2.51. The third-order valence-electron chi connectivity index (χ3n) is 6.56. The molecule has 196 valence electrons. The van der Waals surface area contributed by atoms with Crippen molar-refractivity contribution in [3.8, 4) is 0 Å². The van der Waals surface area contributed by atoms with Crippen LogP contribution in [-0.4, -0.2) is 60.8 Å². The van der Waals surface area contributed by atoms with Crippen molar-refractivity contribution in [2.75, 3.05) is 30.9 Å². The minimum atomic E-state index is -0.740. The number of urea groups is 1. The zero-order valence-electron chi connectivity index (χ0n) is 21.7. The summed E-state index contributed by atoms with van der Waals surface area (Å²) in [5.41, 5.74) is 1.86. The van der Waals surface area contributed by atoms with Crippen LogP contribution in [-0.2, 0) is 16.0 Å². The Hall–Kier alpha value is -3.88. The van der Waals surface area contributed by atoms with E-state index in [2.05, 4.69) is 16.0 Å². The lowest BCUT2D eigenvalue weighted by Gasteiger charge is -2.30. The molecule has 37 heavy (non-hydrogen) atoms. The second-order valence-electron chi connectivity index (χ2n) is 9.59. The fourth-order valence-corrected chi connectivity index (χ4v) is 4.70. The third kappa shape index (κ3) is 7.09. The summed E-state index contributed by atoms with van der Waals surface area (Å²) >= 11 is 0. The molecule has 1 aliphatic rings. The summed E-state index contributed by atoms with van der Waals surface area (Å²) in [6.45, 7) is 2.02. The minimum absolute atomic E-state index is 0.0347. The van der Waals surface area contributed by atoms with Gasteiger partial charge < -0.3 is 25.6 Å². The fraction of sp³-hybridized carbons (Fsp3) is 0.429. The first-order chi connectivity index (χ1) is 17.9. The number of hydrogen-bond donors (Lipinski definition) is 3. The van der Waals surface area contributed by atoms with Crippen molar-refractivity contribution in [3.05, 3.63) is 60.2 Å². The van der Waals surface area contributed by atoms with Crippen molar-refractivity contribution in [1.29, 1.82) is 0 Å². The molecule has 0 bridgehead atoms. The third-order valence-corrected chi connectivity index (χ3v) is 6.56. The summed E-state index contributed by atoms with van der Waals surface area (Å²) in [4.78, 5) is 36.6. The lowest BCUT2D eigenvalue weighted by atomic mass is 9.91. The van der Waals surface area contributed by atoms with Gasteiger partial charge in [-0.05, 0) is 50.3 Å². The van der Waals surface area contributed by atoms with E-state index in [1.807, 2.05) is 73.6 Å². The van der Waals surface area contributed by atoms with Gasteiger partial charge in [0.2, 0.25) is 5.95 Å². The predicted molar refractivity (Wildman–Crippen MR) is 146 cm³/mol. The van der Waals surface area contributed by atoms with Gasteiger partial charge in [0, 0.05) is 38.0 Å². The van der Waals surface area contributed by atoms with Gasteiger partial charge in [-0.3, -0.25) is 0 Å². The van der Waals surface area contributed by atoms with Gasteiger partial charge in [0.15, 0.2) is 0 Å². The van der Waals surface area contributed by atoms with E-state index in [-0.39, 0.29) is 24.7 Å². The number of nitrogens with one attached hydrogen (secondary N) is 3. The van der Waals surface area contributed by atoms with Crippen LogP contribution in [0.2, 0.25) is 0 Å². The molecule has 1 aromatic heterocycles. The highest BCUT2D eigenvalue weighted by molar-refractivity contribution is 5.90. The summed E-state index contributed by atoms with van der Waals surface area (Å²) in [6.07, 6.45) is 3.78. The number of rotatable bonds is 9. The monoisotopic (exact) mass is 504 g/mol. The average molecular weight is 505 g/mol. The highest BCUT2D eigenvalue weighted by Gasteiger charge is 2.26. The van der Waals surface area contributed by atoms with E-state index in [0.29, 0.717) is 12.4 Å². The molecule has 1 aliphatic carbocycles. The Morgan fingerprint density at radius 3 is 2.35 bits per heavy atom. The number of amides is 2. The van der Waals surface area contributed by atoms with Crippen LogP contribution in [0.3, 0.4) is 0 Å². The molecule has 2 aromatic carbocycles. The molecule has 0 unspecified atom stereocenters. The predicted octanol–water partition coefficient (Wildman–Crippen LogP) is 3.89. The van der Waals surface area contributed by atoms with E-state index in [4.69, 9.17) is 14.7 Å². The fourth-order valence-electron chi connectivity index (χ4n) is 4.70. The van der Waals surface area contributed by atoms with Crippen LogP contribution in [0.4, 0.5) is 16.6 Å². The van der Waals surface area contributed by atoms with E-state index >= 15 is 0 Å². The number of aromatic nitrogens is 2. The van der Waals surface area contributed by atoms with Gasteiger partial charge in [0.1, 0.15) is 11.9 Å². The number of hydrogen-bond acceptors (Lipinski definition) is 7. The number of benzene rings is 2. The normalized spacial score (nSPS) is 18.0. The highest BCUT2D eigenvalue weighted by Crippen LogP contribution is 2.26. The second kappa shape index (κ2) is 12.4. The van der Waals surface area contributed by atoms with Gasteiger partial charge in [0.25, 0.3) is 0 Å². The molecule has 1 saturated carbocycles. The molecule has 9 nitrogen and oxygen atoms in total. The van der Waals surface area contributed by atoms with Crippen LogP contribution in [0.5, 0.6) is 0 Å². The summed E-state index contributed by atoms with van der Waals surface area (Å²) in [6, 6.07) is 16.8. The van der Waals surface area contributed by atoms with Gasteiger partial charge in [-0.2, -0.15) is 4.98 Å². The second-order valence-corrected chi connectivity index (χ2v) is 9.59. The first kappa shape index (κ1) is 26.2. The zero-order chi connectivity index (χ0) is 26.2. The number of anilines is 2. The largest absolute Gasteiger partial charge is 0.464 e. The molecule has 1 heterocycles. The average Bonchev–Trinajstić information content (AvgIpc) is 2.89. The smallest absolute Gasteiger partial charge is 0.329 e. The number of nitrogens with zero attached hydrogens (tertiary/aromatic N) is 3. The molecular weight excluding hydrogens is 468 g/mol. The molecule has 0 spiro atoms. The summed E-state index contributed by atoms with van der Waals surface area (Å²) < 4.78 is 5.18. The van der Waals surface area contributed by atoms with E-state index in [1.165, 1.54) is 0 Å². The van der Waals surface area contributed by atoms with Gasteiger partial charge in [0.05, 0.1) is 12.1 Å². The molecular formula is C28H36N6O3. The Kier molecular flexibility index (Phi) is 8.77. The van der Waals surface area contributed by atoms with Gasteiger partial charge in [-0.25, -0.2) is 14.6 Å². The first-order valence-corrected chi connectivity index (χ1v) is 12.9. The summed E-state index contributed by atoms with van der Waals surface area (Å²) in [5.74, 6) is 1.07. The summed E-state index contributed by atoms with van der Waals surface area (Å²) in [5, 5.41) is 10.4. The van der Waals surface area contributed by atoms with E-state index in [1.54, 1.807) is 6.92 Å². The molecule has 1 atom stereocenters. The molecule has 0 aliphatic heterocycles. The molecule has 0 radical (unpaired) electrons. The van der Waals surface area contributed by atoms with Crippen molar-refractivity contribution in [2.45, 2.75) is 57.2 Å². The highest BCUT2D eigenvalue weighted by atomic mass is 16.5. The maximum Gasteiger partial charge on any atom is 0.329 e. The van der Waals surface area contributed by atoms with Crippen LogP contribution >= 0.6 is 0 Å². The first-order valence-electron chi connectivity index (χ1n) is 12.9. The van der Waals surface area contributed by atoms with Gasteiger partial charge >= 0.3 is 12.0 Å². The van der Waals surface area contributed by atoms with Gasteiger partial charge in [-0.1, -0.05) is 42.5 Å². The quantitative estimate of drug-likeness (QED) is 0.379.